The van der Waals surface area contributed by atoms with Crippen LogP contribution in [0.3, 0.4) is 0 Å². The van der Waals surface area contributed by atoms with Crippen LogP contribution in [0.5, 0.6) is 0 Å². The summed E-state index contributed by atoms with van der Waals surface area (Å²) in [7, 11) is 0. The third kappa shape index (κ3) is 2.20. The van der Waals surface area contributed by atoms with Crippen molar-refractivity contribution >= 4 is 11.5 Å². The van der Waals surface area contributed by atoms with Gasteiger partial charge in [-0.2, -0.15) is 5.10 Å². The number of benzene rings is 1. The summed E-state index contributed by atoms with van der Waals surface area (Å²) in [4.78, 5) is 22.1. The summed E-state index contributed by atoms with van der Waals surface area (Å²) in [5.41, 5.74) is 3.59. The lowest BCUT2D eigenvalue weighted by molar-refractivity contribution is -0.384. The van der Waals surface area contributed by atoms with E-state index in [1.807, 2.05) is 20.8 Å². The van der Waals surface area contributed by atoms with E-state index in [4.69, 9.17) is 0 Å². The fourth-order valence-corrected chi connectivity index (χ4v) is 2.06. The van der Waals surface area contributed by atoms with E-state index in [0.29, 0.717) is 11.3 Å². The SMILES string of the molecule is CC(=O)c1cc([N+](=O)[O-])ccc1-n1nc(C)c(C)c1C. The molecule has 104 valence electrons. The van der Waals surface area contributed by atoms with Gasteiger partial charge in [-0.1, -0.05) is 0 Å². The lowest BCUT2D eigenvalue weighted by Gasteiger charge is -2.09. The predicted octanol–water partition coefficient (Wildman–Crippen LogP) is 2.91. The molecule has 0 radical (unpaired) electrons. The molecule has 0 fully saturated rings. The molecule has 2 aromatic rings. The maximum Gasteiger partial charge on any atom is 0.270 e. The van der Waals surface area contributed by atoms with Crippen molar-refractivity contribution in [2.24, 2.45) is 0 Å². The summed E-state index contributed by atoms with van der Waals surface area (Å²) in [6.07, 6.45) is 0. The molecule has 0 unspecified atom stereocenters. The minimum Gasteiger partial charge on any atom is -0.294 e. The number of ketones is 1. The van der Waals surface area contributed by atoms with Crippen molar-refractivity contribution in [3.8, 4) is 5.69 Å². The molecule has 0 aliphatic carbocycles. The van der Waals surface area contributed by atoms with Gasteiger partial charge in [0.15, 0.2) is 5.78 Å². The van der Waals surface area contributed by atoms with E-state index in [1.54, 1.807) is 10.7 Å². The van der Waals surface area contributed by atoms with Gasteiger partial charge in [-0.15, -0.1) is 0 Å². The molecule has 0 saturated heterocycles. The lowest BCUT2D eigenvalue weighted by atomic mass is 10.1. The molecule has 0 aliphatic rings. The molecule has 1 aromatic carbocycles. The molecule has 0 spiro atoms. The Morgan fingerprint density at radius 3 is 2.40 bits per heavy atom. The molecule has 0 aliphatic heterocycles. The molecule has 2 rings (SSSR count). The molecule has 0 amide bonds. The molecule has 6 heteroatoms. The Kier molecular flexibility index (Phi) is 3.40. The largest absolute Gasteiger partial charge is 0.294 e. The number of carbonyl (C=O) groups excluding carboxylic acids is 1. The van der Waals surface area contributed by atoms with Crippen LogP contribution in [0.15, 0.2) is 18.2 Å². The monoisotopic (exact) mass is 273 g/mol. The van der Waals surface area contributed by atoms with Crippen LogP contribution >= 0.6 is 0 Å². The quantitative estimate of drug-likeness (QED) is 0.489. The first-order valence-electron chi connectivity index (χ1n) is 6.15. The van der Waals surface area contributed by atoms with Gasteiger partial charge in [0.1, 0.15) is 0 Å². The Labute approximate surface area is 116 Å². The van der Waals surface area contributed by atoms with Crippen molar-refractivity contribution in [3.05, 3.63) is 50.8 Å². The molecule has 0 atom stereocenters. The van der Waals surface area contributed by atoms with Crippen LogP contribution in [-0.4, -0.2) is 20.5 Å². The number of hydrogen-bond donors (Lipinski definition) is 0. The summed E-state index contributed by atoms with van der Waals surface area (Å²) in [5.74, 6) is -0.228. The summed E-state index contributed by atoms with van der Waals surface area (Å²) in [5, 5.41) is 15.2. The molecule has 0 bridgehead atoms. The van der Waals surface area contributed by atoms with Gasteiger partial charge in [-0.3, -0.25) is 14.9 Å². The number of non-ortho nitro benzene ring substituents is 1. The maximum atomic E-state index is 11.8. The second-order valence-corrected chi connectivity index (χ2v) is 4.72. The first-order valence-corrected chi connectivity index (χ1v) is 6.15. The van der Waals surface area contributed by atoms with E-state index in [9.17, 15) is 14.9 Å². The number of Topliss-reactive ketones (excluding diaryl/α,β-unsaturated/α-hetero) is 1. The standard InChI is InChI=1S/C14H15N3O3/c1-8-9(2)15-16(10(8)3)14-6-5-12(17(19)20)7-13(14)11(4)18/h5-7H,1-4H3. The van der Waals surface area contributed by atoms with Gasteiger partial charge in [0.25, 0.3) is 5.69 Å². The van der Waals surface area contributed by atoms with Crippen molar-refractivity contribution in [2.45, 2.75) is 27.7 Å². The van der Waals surface area contributed by atoms with E-state index < -0.39 is 4.92 Å². The number of nitro benzene ring substituents is 1. The third-order valence-electron chi connectivity index (χ3n) is 3.45. The molecular formula is C14H15N3O3. The zero-order chi connectivity index (χ0) is 15.0. The molecule has 20 heavy (non-hydrogen) atoms. The zero-order valence-electron chi connectivity index (χ0n) is 11.8. The average molecular weight is 273 g/mol. The fraction of sp³-hybridized carbons (Fsp3) is 0.286. The molecule has 6 nitrogen and oxygen atoms in total. The van der Waals surface area contributed by atoms with Crippen LogP contribution in [-0.2, 0) is 0 Å². The van der Waals surface area contributed by atoms with Crippen LogP contribution in [0, 0.1) is 30.9 Å². The summed E-state index contributed by atoms with van der Waals surface area (Å²) >= 11 is 0. The van der Waals surface area contributed by atoms with Gasteiger partial charge in [0.05, 0.1) is 16.3 Å². The van der Waals surface area contributed by atoms with Gasteiger partial charge < -0.3 is 0 Å². The van der Waals surface area contributed by atoms with Gasteiger partial charge >= 0.3 is 0 Å². The van der Waals surface area contributed by atoms with Gasteiger partial charge in [0, 0.05) is 23.4 Å². The highest BCUT2D eigenvalue weighted by molar-refractivity contribution is 5.98. The number of aryl methyl sites for hydroxylation is 1. The average Bonchev–Trinajstić information content (AvgIpc) is 2.65. The normalized spacial score (nSPS) is 10.6. The summed E-state index contributed by atoms with van der Waals surface area (Å²) < 4.78 is 1.66. The van der Waals surface area contributed by atoms with Crippen molar-refractivity contribution in [1.29, 1.82) is 0 Å². The topological polar surface area (TPSA) is 78.0 Å². The van der Waals surface area contributed by atoms with Crippen LogP contribution in [0.4, 0.5) is 5.69 Å². The minimum absolute atomic E-state index is 0.0998. The fourth-order valence-electron chi connectivity index (χ4n) is 2.06. The van der Waals surface area contributed by atoms with Crippen molar-refractivity contribution in [1.82, 2.24) is 9.78 Å². The van der Waals surface area contributed by atoms with Crippen molar-refractivity contribution in [2.75, 3.05) is 0 Å². The van der Waals surface area contributed by atoms with E-state index in [0.717, 1.165) is 17.0 Å². The maximum absolute atomic E-state index is 11.8. The van der Waals surface area contributed by atoms with Crippen molar-refractivity contribution < 1.29 is 9.72 Å². The third-order valence-corrected chi connectivity index (χ3v) is 3.45. The highest BCUT2D eigenvalue weighted by atomic mass is 16.6. The Morgan fingerprint density at radius 1 is 1.30 bits per heavy atom. The van der Waals surface area contributed by atoms with Crippen LogP contribution in [0.25, 0.3) is 5.69 Å². The summed E-state index contributed by atoms with van der Waals surface area (Å²) in [6, 6.07) is 4.24. The Morgan fingerprint density at radius 2 is 1.95 bits per heavy atom. The number of nitrogens with zero attached hydrogens (tertiary/aromatic N) is 3. The van der Waals surface area contributed by atoms with E-state index in [2.05, 4.69) is 5.10 Å². The summed E-state index contributed by atoms with van der Waals surface area (Å²) in [6.45, 7) is 7.13. The van der Waals surface area contributed by atoms with E-state index >= 15 is 0 Å². The van der Waals surface area contributed by atoms with Crippen LogP contribution in [0.1, 0.15) is 34.2 Å². The molecule has 0 saturated carbocycles. The molecule has 0 N–H and O–H groups in total. The van der Waals surface area contributed by atoms with Crippen LogP contribution < -0.4 is 0 Å². The van der Waals surface area contributed by atoms with Gasteiger partial charge in [-0.25, -0.2) is 4.68 Å². The Balaban J connectivity index is 2.70. The highest BCUT2D eigenvalue weighted by Gasteiger charge is 2.18. The molecule has 1 aromatic heterocycles. The second-order valence-electron chi connectivity index (χ2n) is 4.72. The number of hydrogen-bond acceptors (Lipinski definition) is 4. The lowest BCUT2D eigenvalue weighted by Crippen LogP contribution is -2.07. The number of carbonyl (C=O) groups is 1. The first-order chi connectivity index (χ1) is 9.32. The number of aromatic nitrogens is 2. The van der Waals surface area contributed by atoms with E-state index in [1.165, 1.54) is 19.1 Å². The number of rotatable bonds is 3. The zero-order valence-corrected chi connectivity index (χ0v) is 11.8. The minimum atomic E-state index is -0.511. The Hall–Kier alpha value is -2.50. The van der Waals surface area contributed by atoms with Gasteiger partial charge in [0.2, 0.25) is 0 Å². The van der Waals surface area contributed by atoms with Crippen molar-refractivity contribution in [3.63, 3.8) is 0 Å². The second kappa shape index (κ2) is 4.88. The Bertz CT molecular complexity index is 717. The molecular weight excluding hydrogens is 258 g/mol. The predicted molar refractivity (Wildman–Crippen MR) is 74.4 cm³/mol. The number of nitro groups is 1. The first kappa shape index (κ1) is 13.9. The molecule has 1 heterocycles. The van der Waals surface area contributed by atoms with Crippen LogP contribution in [0.2, 0.25) is 0 Å². The van der Waals surface area contributed by atoms with Gasteiger partial charge in [-0.05, 0) is 39.3 Å². The smallest absolute Gasteiger partial charge is 0.270 e. The highest BCUT2D eigenvalue weighted by Crippen LogP contribution is 2.24. The van der Waals surface area contributed by atoms with E-state index in [-0.39, 0.29) is 11.5 Å².